The number of ether oxygens (including phenoxy) is 3. The zero-order chi connectivity index (χ0) is 14.5. The number of carbonyl (C=O) groups excluding carboxylic acids is 1. The molecule has 0 saturated heterocycles. The number of methoxy groups -OCH3 is 2. The van der Waals surface area contributed by atoms with Crippen LogP contribution in [0.5, 0.6) is 11.5 Å². The molecule has 1 aromatic carbocycles. The van der Waals surface area contributed by atoms with Gasteiger partial charge in [-0.05, 0) is 19.1 Å². The molecular weight excluding hydrogens is 264 g/mol. The Balaban J connectivity index is 2.44. The lowest BCUT2D eigenvalue weighted by Gasteiger charge is -2.09. The van der Waals surface area contributed by atoms with E-state index in [0.717, 1.165) is 0 Å². The van der Waals surface area contributed by atoms with E-state index in [2.05, 4.69) is 10.2 Å². The van der Waals surface area contributed by atoms with Crippen LogP contribution >= 0.6 is 0 Å². The second-order valence-electron chi connectivity index (χ2n) is 3.67. The summed E-state index contributed by atoms with van der Waals surface area (Å²) in [5, 5.41) is 7.49. The topological polar surface area (TPSA) is 83.7 Å². The molecule has 0 aliphatic heterocycles. The molecule has 1 heterocycles. The van der Waals surface area contributed by atoms with E-state index in [0.29, 0.717) is 17.1 Å². The molecule has 0 aliphatic carbocycles. The summed E-state index contributed by atoms with van der Waals surface area (Å²) in [5.41, 5.74) is 0.487. The molecule has 2 rings (SSSR count). The minimum Gasteiger partial charge on any atom is -0.496 e. The highest BCUT2D eigenvalue weighted by Gasteiger charge is 2.22. The summed E-state index contributed by atoms with van der Waals surface area (Å²) in [7, 11) is 3.03. The van der Waals surface area contributed by atoms with Crippen LogP contribution in [0, 0.1) is 0 Å². The molecule has 0 bridgehead atoms. The van der Waals surface area contributed by atoms with Crippen molar-refractivity contribution >= 4 is 5.97 Å². The monoisotopic (exact) mass is 278 g/mol. The quantitative estimate of drug-likeness (QED) is 0.772. The highest BCUT2D eigenvalue weighted by Crippen LogP contribution is 2.37. The Bertz CT molecular complexity index is 586. The first-order valence-corrected chi connectivity index (χ1v) is 5.93. The highest BCUT2D eigenvalue weighted by molar-refractivity contribution is 5.84. The molecule has 7 heteroatoms. The van der Waals surface area contributed by atoms with E-state index < -0.39 is 5.97 Å². The van der Waals surface area contributed by atoms with E-state index in [1.807, 2.05) is 0 Å². The molecule has 20 heavy (non-hydrogen) atoms. The lowest BCUT2D eigenvalue weighted by molar-refractivity contribution is 0.0481. The van der Waals surface area contributed by atoms with Crippen LogP contribution < -0.4 is 9.47 Å². The summed E-state index contributed by atoms with van der Waals surface area (Å²) in [6.45, 7) is 1.92. The number of rotatable bonds is 5. The summed E-state index contributed by atoms with van der Waals surface area (Å²) in [6, 6.07) is 5.22. The van der Waals surface area contributed by atoms with Gasteiger partial charge in [-0.1, -0.05) is 6.07 Å². The first-order valence-electron chi connectivity index (χ1n) is 5.93. The van der Waals surface area contributed by atoms with Crippen LogP contribution in [0.2, 0.25) is 0 Å². The first kappa shape index (κ1) is 13.9. The van der Waals surface area contributed by atoms with Crippen LogP contribution in [0.1, 0.15) is 17.6 Å². The van der Waals surface area contributed by atoms with Crippen molar-refractivity contribution in [3.63, 3.8) is 0 Å². The molecular formula is C13H14N2O5. The van der Waals surface area contributed by atoms with Crippen molar-refractivity contribution in [1.82, 2.24) is 10.2 Å². The molecule has 7 nitrogen and oxygen atoms in total. The van der Waals surface area contributed by atoms with E-state index in [-0.39, 0.29) is 18.4 Å². The summed E-state index contributed by atoms with van der Waals surface area (Å²) in [6.07, 6.45) is 0. The van der Waals surface area contributed by atoms with Crippen molar-refractivity contribution in [3.8, 4) is 23.0 Å². The van der Waals surface area contributed by atoms with Crippen LogP contribution in [0.4, 0.5) is 0 Å². The Kier molecular flexibility index (Phi) is 4.19. The highest BCUT2D eigenvalue weighted by atomic mass is 16.5. The minimum atomic E-state index is -0.667. The van der Waals surface area contributed by atoms with E-state index >= 15 is 0 Å². The summed E-state index contributed by atoms with van der Waals surface area (Å²) < 4.78 is 20.6. The number of benzene rings is 1. The second-order valence-corrected chi connectivity index (χ2v) is 3.67. The minimum absolute atomic E-state index is 0.127. The fraction of sp³-hybridized carbons (Fsp3) is 0.308. The van der Waals surface area contributed by atoms with Crippen molar-refractivity contribution in [1.29, 1.82) is 0 Å². The standard InChI is InChI=1S/C13H14N2O5/c1-4-19-13(16)12-15-14-11(20-12)10-8(17-2)6-5-7-9(10)18-3/h5-7H,4H2,1-3H3. The van der Waals surface area contributed by atoms with Crippen LogP contribution in [0.25, 0.3) is 11.5 Å². The number of hydrogen-bond donors (Lipinski definition) is 0. The summed E-state index contributed by atoms with van der Waals surface area (Å²) in [4.78, 5) is 11.5. The SMILES string of the molecule is CCOC(=O)c1nnc(-c2c(OC)cccc2OC)o1. The smallest absolute Gasteiger partial charge is 0.396 e. The number of nitrogens with zero attached hydrogens (tertiary/aromatic N) is 2. The predicted octanol–water partition coefficient (Wildman–Crippen LogP) is 1.93. The van der Waals surface area contributed by atoms with Gasteiger partial charge >= 0.3 is 11.9 Å². The van der Waals surface area contributed by atoms with Crippen LogP contribution in [-0.2, 0) is 4.74 Å². The second kappa shape index (κ2) is 6.05. The molecule has 0 aliphatic rings. The Labute approximate surface area is 115 Å². The average molecular weight is 278 g/mol. The summed E-state index contributed by atoms with van der Waals surface area (Å²) >= 11 is 0. The van der Waals surface area contributed by atoms with Gasteiger partial charge in [0.15, 0.2) is 0 Å². The molecule has 0 atom stereocenters. The van der Waals surface area contributed by atoms with Crippen molar-refractivity contribution in [2.75, 3.05) is 20.8 Å². The Morgan fingerprint density at radius 2 is 1.85 bits per heavy atom. The van der Waals surface area contributed by atoms with Gasteiger partial charge in [0.1, 0.15) is 17.1 Å². The van der Waals surface area contributed by atoms with Gasteiger partial charge in [0.25, 0.3) is 5.89 Å². The number of esters is 1. The van der Waals surface area contributed by atoms with Gasteiger partial charge in [-0.3, -0.25) is 0 Å². The van der Waals surface area contributed by atoms with E-state index in [4.69, 9.17) is 18.6 Å². The largest absolute Gasteiger partial charge is 0.496 e. The van der Waals surface area contributed by atoms with Gasteiger partial charge in [0.2, 0.25) is 0 Å². The average Bonchev–Trinajstić information content (AvgIpc) is 2.96. The third-order valence-corrected chi connectivity index (χ3v) is 2.52. The van der Waals surface area contributed by atoms with Crippen LogP contribution in [-0.4, -0.2) is 37.0 Å². The van der Waals surface area contributed by atoms with E-state index in [9.17, 15) is 4.79 Å². The molecule has 106 valence electrons. The molecule has 0 radical (unpaired) electrons. The third-order valence-electron chi connectivity index (χ3n) is 2.52. The lowest BCUT2D eigenvalue weighted by Crippen LogP contribution is -2.04. The molecule has 0 spiro atoms. The molecule has 0 N–H and O–H groups in total. The number of carbonyl (C=O) groups is 1. The Morgan fingerprint density at radius 3 is 2.40 bits per heavy atom. The van der Waals surface area contributed by atoms with Gasteiger partial charge in [-0.25, -0.2) is 4.79 Å². The number of aromatic nitrogens is 2. The van der Waals surface area contributed by atoms with Crippen molar-refractivity contribution in [2.45, 2.75) is 6.92 Å². The van der Waals surface area contributed by atoms with Crippen molar-refractivity contribution in [2.24, 2.45) is 0 Å². The van der Waals surface area contributed by atoms with Gasteiger partial charge in [0.05, 0.1) is 20.8 Å². The zero-order valence-electron chi connectivity index (χ0n) is 11.4. The fourth-order valence-corrected chi connectivity index (χ4v) is 1.66. The van der Waals surface area contributed by atoms with Gasteiger partial charge in [-0.15, -0.1) is 10.2 Å². The predicted molar refractivity (Wildman–Crippen MR) is 68.8 cm³/mol. The maximum atomic E-state index is 11.5. The van der Waals surface area contributed by atoms with Crippen molar-refractivity contribution in [3.05, 3.63) is 24.1 Å². The Morgan fingerprint density at radius 1 is 1.20 bits per heavy atom. The van der Waals surface area contributed by atoms with Crippen LogP contribution in [0.3, 0.4) is 0 Å². The van der Waals surface area contributed by atoms with Crippen LogP contribution in [0.15, 0.2) is 22.6 Å². The third kappa shape index (κ3) is 2.56. The molecule has 1 aromatic heterocycles. The maximum Gasteiger partial charge on any atom is 0.396 e. The maximum absolute atomic E-state index is 11.5. The molecule has 2 aromatic rings. The molecule has 0 amide bonds. The Hall–Kier alpha value is -2.57. The lowest BCUT2D eigenvalue weighted by atomic mass is 10.2. The molecule has 0 unspecified atom stereocenters. The molecule has 0 saturated carbocycles. The first-order chi connectivity index (χ1) is 9.71. The van der Waals surface area contributed by atoms with Gasteiger partial charge in [-0.2, -0.15) is 0 Å². The normalized spacial score (nSPS) is 10.2. The summed E-state index contributed by atoms with van der Waals surface area (Å²) in [5.74, 6) is 0.254. The fourth-order valence-electron chi connectivity index (χ4n) is 1.66. The van der Waals surface area contributed by atoms with E-state index in [1.165, 1.54) is 14.2 Å². The van der Waals surface area contributed by atoms with Crippen molar-refractivity contribution < 1.29 is 23.4 Å². The van der Waals surface area contributed by atoms with Gasteiger partial charge < -0.3 is 18.6 Å². The zero-order valence-corrected chi connectivity index (χ0v) is 11.4. The molecule has 0 fully saturated rings. The van der Waals surface area contributed by atoms with E-state index in [1.54, 1.807) is 25.1 Å². The van der Waals surface area contributed by atoms with Gasteiger partial charge in [0, 0.05) is 0 Å². The number of hydrogen-bond acceptors (Lipinski definition) is 7.